The second kappa shape index (κ2) is 10.2. The molecule has 0 spiro atoms. The Morgan fingerprint density at radius 1 is 0.950 bits per heavy atom. The number of likely N-dealkylation sites (tertiary alicyclic amines) is 1. The van der Waals surface area contributed by atoms with Crippen molar-refractivity contribution < 1.29 is 22.7 Å². The number of hydrogen-bond acceptors (Lipinski definition) is 4. The average molecular weight is 551 g/mol. The highest BCUT2D eigenvalue weighted by Gasteiger charge is 2.32. The summed E-state index contributed by atoms with van der Waals surface area (Å²) in [4.78, 5) is 32.8. The van der Waals surface area contributed by atoms with E-state index in [1.54, 1.807) is 17.0 Å². The third-order valence-electron chi connectivity index (χ3n) is 7.82. The summed E-state index contributed by atoms with van der Waals surface area (Å²) >= 11 is 0. The monoisotopic (exact) mass is 550 g/mol. The summed E-state index contributed by atoms with van der Waals surface area (Å²) in [6.07, 6.45) is -2.98. The molecule has 0 saturated carbocycles. The lowest BCUT2D eigenvalue weighted by molar-refractivity contribution is -0.274. The van der Waals surface area contributed by atoms with Crippen LogP contribution in [0.2, 0.25) is 0 Å². The lowest BCUT2D eigenvalue weighted by Crippen LogP contribution is -2.36. The Hall–Kier alpha value is -4.05. The molecule has 0 unspecified atom stereocenters. The molecule has 2 aliphatic rings. The number of aromatic nitrogens is 2. The van der Waals surface area contributed by atoms with Gasteiger partial charge in [0.05, 0.1) is 11.0 Å². The zero-order valence-electron chi connectivity index (χ0n) is 22.0. The van der Waals surface area contributed by atoms with E-state index in [0.717, 1.165) is 65.8 Å². The number of aryl methyl sites for hydroxylation is 1. The first-order valence-electron chi connectivity index (χ1n) is 13.3. The lowest BCUT2D eigenvalue weighted by atomic mass is 9.99. The number of halogens is 3. The molecule has 3 heterocycles. The quantitative estimate of drug-likeness (QED) is 0.343. The summed E-state index contributed by atoms with van der Waals surface area (Å²) in [6, 6.07) is 17.7. The van der Waals surface area contributed by atoms with Gasteiger partial charge in [0.2, 0.25) is 0 Å². The highest BCUT2D eigenvalue weighted by molar-refractivity contribution is 5.99. The Kier molecular flexibility index (Phi) is 6.66. The number of fused-ring (bicyclic) bond motifs is 2. The van der Waals surface area contributed by atoms with E-state index in [1.165, 1.54) is 12.1 Å². The third-order valence-corrected chi connectivity index (χ3v) is 7.82. The Morgan fingerprint density at radius 3 is 2.40 bits per heavy atom. The van der Waals surface area contributed by atoms with E-state index in [1.807, 2.05) is 35.8 Å². The molecule has 1 fully saturated rings. The number of aromatic amines is 1. The summed E-state index contributed by atoms with van der Waals surface area (Å²) in [5.41, 5.74) is 6.21. The van der Waals surface area contributed by atoms with Crippen LogP contribution in [0.1, 0.15) is 51.5 Å². The van der Waals surface area contributed by atoms with Crippen molar-refractivity contribution in [1.29, 1.82) is 0 Å². The molecule has 1 N–H and O–H groups in total. The van der Waals surface area contributed by atoms with E-state index in [4.69, 9.17) is 0 Å². The van der Waals surface area contributed by atoms with Gasteiger partial charge in [-0.05, 0) is 66.3 Å². The molecule has 1 amide bonds. The molecular weight excluding hydrogens is 521 g/mol. The van der Waals surface area contributed by atoms with Crippen molar-refractivity contribution in [3.8, 4) is 5.75 Å². The molecule has 40 heavy (non-hydrogen) atoms. The molecule has 1 saturated heterocycles. The number of alkyl halides is 3. The van der Waals surface area contributed by atoms with Crippen LogP contribution in [0.15, 0.2) is 65.5 Å². The molecule has 0 aliphatic carbocycles. The number of carbonyl (C=O) groups excluding carboxylic acids is 1. The maximum absolute atomic E-state index is 13.2. The number of hydrogen-bond donors (Lipinski definition) is 1. The van der Waals surface area contributed by atoms with Gasteiger partial charge in [-0.25, -0.2) is 4.79 Å². The first-order chi connectivity index (χ1) is 19.1. The summed E-state index contributed by atoms with van der Waals surface area (Å²) in [5.74, 6) is -0.357. The number of amides is 1. The van der Waals surface area contributed by atoms with Crippen LogP contribution in [-0.2, 0) is 19.6 Å². The molecule has 4 aromatic rings. The fourth-order valence-corrected chi connectivity index (χ4v) is 6.07. The number of nitrogens with one attached hydrogen (secondary N) is 1. The number of benzene rings is 3. The number of ether oxygens (including phenoxy) is 1. The zero-order valence-corrected chi connectivity index (χ0v) is 22.0. The standard InChI is InChI=1S/C30H29F3N4O3/c1-19-14-21(16-35-12-10-23(11-13-35)37-26-5-3-2-4-25(26)34-29(37)39)15-22-18-36(28(38)27(19)22)17-20-6-8-24(9-7-20)40-30(31,32)33/h2-9,14-15,23H,10-13,16-18H2,1H3,(H,34,39). The van der Waals surface area contributed by atoms with E-state index in [2.05, 4.69) is 26.8 Å². The number of para-hydroxylation sites is 2. The molecule has 3 aromatic carbocycles. The Labute approximate surface area is 228 Å². The van der Waals surface area contributed by atoms with Gasteiger partial charge in [0.1, 0.15) is 5.75 Å². The van der Waals surface area contributed by atoms with E-state index in [9.17, 15) is 22.8 Å². The van der Waals surface area contributed by atoms with Gasteiger partial charge in [0.25, 0.3) is 5.91 Å². The Morgan fingerprint density at radius 2 is 1.68 bits per heavy atom. The molecule has 1 aromatic heterocycles. The molecule has 0 bridgehead atoms. The van der Waals surface area contributed by atoms with Gasteiger partial charge in [-0.15, -0.1) is 13.2 Å². The zero-order chi connectivity index (χ0) is 28.0. The van der Waals surface area contributed by atoms with Crippen molar-refractivity contribution in [3.05, 3.63) is 99.0 Å². The minimum atomic E-state index is -4.74. The van der Waals surface area contributed by atoms with Crippen molar-refractivity contribution in [3.63, 3.8) is 0 Å². The van der Waals surface area contributed by atoms with Crippen molar-refractivity contribution in [2.45, 2.75) is 51.8 Å². The van der Waals surface area contributed by atoms with E-state index in [0.29, 0.717) is 18.7 Å². The van der Waals surface area contributed by atoms with Gasteiger partial charge in [0.15, 0.2) is 0 Å². The number of rotatable bonds is 6. The average Bonchev–Trinajstić information content (AvgIpc) is 3.40. The van der Waals surface area contributed by atoms with Crippen molar-refractivity contribution in [1.82, 2.24) is 19.4 Å². The number of nitrogens with zero attached hydrogens (tertiary/aromatic N) is 3. The Balaban J connectivity index is 1.09. The van der Waals surface area contributed by atoms with Gasteiger partial charge in [-0.1, -0.05) is 36.4 Å². The fraction of sp³-hybridized carbons (Fsp3) is 0.333. The van der Waals surface area contributed by atoms with Crippen LogP contribution in [0, 0.1) is 6.92 Å². The van der Waals surface area contributed by atoms with Crippen LogP contribution in [0.5, 0.6) is 5.75 Å². The van der Waals surface area contributed by atoms with Gasteiger partial charge >= 0.3 is 12.1 Å². The molecule has 0 atom stereocenters. The van der Waals surface area contributed by atoms with Crippen LogP contribution in [0.25, 0.3) is 11.0 Å². The lowest BCUT2D eigenvalue weighted by Gasteiger charge is -2.32. The van der Waals surface area contributed by atoms with Gasteiger partial charge in [0, 0.05) is 44.3 Å². The van der Waals surface area contributed by atoms with Gasteiger partial charge in [-0.3, -0.25) is 14.3 Å². The van der Waals surface area contributed by atoms with E-state index >= 15 is 0 Å². The summed E-state index contributed by atoms with van der Waals surface area (Å²) in [5, 5.41) is 0. The maximum atomic E-state index is 13.2. The highest BCUT2D eigenvalue weighted by atomic mass is 19.4. The van der Waals surface area contributed by atoms with Crippen LogP contribution >= 0.6 is 0 Å². The predicted molar refractivity (Wildman–Crippen MR) is 144 cm³/mol. The normalized spacial score (nSPS) is 16.6. The molecule has 6 rings (SSSR count). The largest absolute Gasteiger partial charge is 0.573 e. The van der Waals surface area contributed by atoms with E-state index < -0.39 is 6.36 Å². The number of imidazole rings is 1. The molecule has 2 aliphatic heterocycles. The van der Waals surface area contributed by atoms with Gasteiger partial charge < -0.3 is 14.6 Å². The molecule has 10 heteroatoms. The SMILES string of the molecule is Cc1cc(CN2CCC(n3c(=O)[nH]c4ccccc43)CC2)cc2c1C(=O)N(Cc1ccc(OC(F)(F)F)cc1)C2. The van der Waals surface area contributed by atoms with Crippen molar-refractivity contribution in [2.75, 3.05) is 13.1 Å². The number of H-pyrrole nitrogens is 1. The van der Waals surface area contributed by atoms with Crippen LogP contribution in [0.4, 0.5) is 13.2 Å². The van der Waals surface area contributed by atoms with Gasteiger partial charge in [-0.2, -0.15) is 0 Å². The number of carbonyl (C=O) groups is 1. The molecule has 208 valence electrons. The molecular formula is C30H29F3N4O3. The van der Waals surface area contributed by atoms with Crippen molar-refractivity contribution in [2.24, 2.45) is 0 Å². The minimum absolute atomic E-state index is 0.0614. The predicted octanol–water partition coefficient (Wildman–Crippen LogP) is 5.53. The van der Waals surface area contributed by atoms with Crippen molar-refractivity contribution >= 4 is 16.9 Å². The third kappa shape index (κ3) is 5.23. The molecule has 7 nitrogen and oxygen atoms in total. The summed E-state index contributed by atoms with van der Waals surface area (Å²) in [6.45, 7) is 5.20. The van der Waals surface area contributed by atoms with Crippen LogP contribution in [-0.4, -0.2) is 44.7 Å². The van der Waals surface area contributed by atoms with E-state index in [-0.39, 0.29) is 23.4 Å². The first-order valence-corrected chi connectivity index (χ1v) is 13.3. The maximum Gasteiger partial charge on any atom is 0.573 e. The number of piperidine rings is 1. The minimum Gasteiger partial charge on any atom is -0.406 e. The summed E-state index contributed by atoms with van der Waals surface area (Å²) in [7, 11) is 0. The highest BCUT2D eigenvalue weighted by Crippen LogP contribution is 2.31. The topological polar surface area (TPSA) is 70.6 Å². The fourth-order valence-electron chi connectivity index (χ4n) is 6.07. The van der Waals surface area contributed by atoms with Crippen LogP contribution < -0.4 is 10.4 Å². The second-order valence-electron chi connectivity index (χ2n) is 10.6. The first kappa shape index (κ1) is 26.2. The van der Waals surface area contributed by atoms with Crippen LogP contribution in [0.3, 0.4) is 0 Å². The summed E-state index contributed by atoms with van der Waals surface area (Å²) < 4.78 is 43.1. The smallest absolute Gasteiger partial charge is 0.406 e. The second-order valence-corrected chi connectivity index (χ2v) is 10.6. The molecule has 0 radical (unpaired) electrons. The Bertz CT molecular complexity index is 1620.